The molecule has 11 nitrogen and oxygen atoms in total. The number of benzene rings is 1. The molecule has 1 saturated heterocycles. The van der Waals surface area contributed by atoms with Gasteiger partial charge in [-0.15, -0.1) is 0 Å². The summed E-state index contributed by atoms with van der Waals surface area (Å²) < 4.78 is 16.4. The zero-order chi connectivity index (χ0) is 21.7. The lowest BCUT2D eigenvalue weighted by atomic mass is 9.82. The number of amides is 4. The normalized spacial score (nSPS) is 17.6. The largest absolute Gasteiger partial charge is 0.493 e. The van der Waals surface area contributed by atoms with E-state index in [1.807, 2.05) is 0 Å². The Hall–Kier alpha value is -3.50. The van der Waals surface area contributed by atoms with Gasteiger partial charge in [0.25, 0.3) is 17.4 Å². The van der Waals surface area contributed by atoms with Crippen LogP contribution in [0.1, 0.15) is 5.56 Å². The molecule has 1 aromatic carbocycles. The van der Waals surface area contributed by atoms with Gasteiger partial charge in [-0.25, -0.2) is 9.79 Å². The molecular formula is C18H23N5O6. The minimum atomic E-state index is -2.07. The quantitative estimate of drug-likeness (QED) is 0.715. The minimum absolute atomic E-state index is 0.105. The molecule has 0 bridgehead atoms. The number of nitrogens with zero attached hydrogens (tertiary/aromatic N) is 4. The van der Waals surface area contributed by atoms with Gasteiger partial charge in [0.1, 0.15) is 0 Å². The van der Waals surface area contributed by atoms with Gasteiger partial charge in [0.2, 0.25) is 5.75 Å². The number of rotatable bonds is 3. The van der Waals surface area contributed by atoms with Crippen LogP contribution in [0.3, 0.4) is 0 Å². The lowest BCUT2D eigenvalue weighted by molar-refractivity contribution is -0.150. The van der Waals surface area contributed by atoms with E-state index in [0.717, 1.165) is 9.80 Å². The van der Waals surface area contributed by atoms with Crippen molar-refractivity contribution >= 4 is 29.5 Å². The van der Waals surface area contributed by atoms with E-state index in [2.05, 4.69) is 10.3 Å². The van der Waals surface area contributed by atoms with Crippen LogP contribution in [-0.2, 0) is 15.1 Å². The third kappa shape index (κ3) is 2.57. The maximum atomic E-state index is 13.4. The molecule has 1 N–H and O–H groups in total. The van der Waals surface area contributed by atoms with E-state index in [-0.39, 0.29) is 23.0 Å². The van der Waals surface area contributed by atoms with E-state index in [9.17, 15) is 14.4 Å². The average molecular weight is 405 g/mol. The van der Waals surface area contributed by atoms with Crippen LogP contribution in [0.4, 0.5) is 10.5 Å². The van der Waals surface area contributed by atoms with E-state index in [0.29, 0.717) is 11.4 Å². The summed E-state index contributed by atoms with van der Waals surface area (Å²) >= 11 is 0. The number of methoxy groups -OCH3 is 3. The van der Waals surface area contributed by atoms with Gasteiger partial charge in [-0.1, -0.05) is 0 Å². The van der Waals surface area contributed by atoms with Crippen molar-refractivity contribution in [1.29, 1.82) is 0 Å². The van der Waals surface area contributed by atoms with Gasteiger partial charge in [-0.2, -0.15) is 0 Å². The Morgan fingerprint density at radius 2 is 1.52 bits per heavy atom. The molecule has 29 heavy (non-hydrogen) atoms. The highest BCUT2D eigenvalue weighted by Gasteiger charge is 2.61. The van der Waals surface area contributed by atoms with Crippen molar-refractivity contribution in [2.24, 2.45) is 4.99 Å². The number of hydrogen-bond donors (Lipinski definition) is 1. The number of fused-ring (bicyclic) bond motifs is 2. The second kappa shape index (κ2) is 6.83. The first-order valence-electron chi connectivity index (χ1n) is 8.63. The number of carbonyl (C=O) groups is 3. The number of guanidine groups is 1. The standard InChI is InChI=1S/C18H23N5O6/c1-21(2)16-19-9-8-10(27-5)12(28-6)13(29-7)11(9)18(20-16)14(24)22(3)17(26)23(4)15(18)25/h8H,1-7H3,(H,19,20). The molecule has 2 heterocycles. The van der Waals surface area contributed by atoms with Crippen molar-refractivity contribution in [3.05, 3.63) is 11.6 Å². The second-order valence-corrected chi connectivity index (χ2v) is 6.74. The van der Waals surface area contributed by atoms with Crippen molar-refractivity contribution in [2.75, 3.05) is 54.8 Å². The van der Waals surface area contributed by atoms with Crippen molar-refractivity contribution in [2.45, 2.75) is 5.54 Å². The van der Waals surface area contributed by atoms with Gasteiger partial charge in [0, 0.05) is 34.3 Å². The Morgan fingerprint density at radius 3 is 1.97 bits per heavy atom. The predicted molar refractivity (Wildman–Crippen MR) is 103 cm³/mol. The summed E-state index contributed by atoms with van der Waals surface area (Å²) in [6, 6.07) is 0.847. The highest BCUT2D eigenvalue weighted by molar-refractivity contribution is 6.25. The van der Waals surface area contributed by atoms with Crippen molar-refractivity contribution in [3.8, 4) is 17.2 Å². The summed E-state index contributed by atoms with van der Waals surface area (Å²) in [5, 5.41) is 3.08. The number of nitrogens with one attached hydrogen (secondary N) is 1. The number of carbonyl (C=O) groups excluding carboxylic acids is 3. The summed E-state index contributed by atoms with van der Waals surface area (Å²) in [4.78, 5) is 46.9. The molecule has 0 radical (unpaired) electrons. The molecule has 0 aromatic heterocycles. The number of barbiturate groups is 1. The molecule has 11 heteroatoms. The Bertz CT molecular complexity index is 917. The smallest absolute Gasteiger partial charge is 0.333 e. The van der Waals surface area contributed by atoms with Crippen LogP contribution < -0.4 is 19.5 Å². The first kappa shape index (κ1) is 20.2. The summed E-state index contributed by atoms with van der Waals surface area (Å²) in [5.41, 5.74) is -1.55. The number of anilines is 1. The SMILES string of the molecule is COc1cc2c(c(OC)c1OC)C1(N=C(N(C)C)N2)C(=O)N(C)C(=O)N(C)C1=O. The maximum absolute atomic E-state index is 13.4. The molecule has 4 amide bonds. The number of aliphatic imine (C=N–C) groups is 1. The molecule has 0 unspecified atom stereocenters. The van der Waals surface area contributed by atoms with Gasteiger partial charge in [0.05, 0.1) is 32.6 Å². The van der Waals surface area contributed by atoms with Crippen molar-refractivity contribution < 1.29 is 28.6 Å². The lowest BCUT2D eigenvalue weighted by Gasteiger charge is -2.43. The van der Waals surface area contributed by atoms with Crippen LogP contribution in [0, 0.1) is 0 Å². The molecule has 2 aliphatic rings. The Balaban J connectivity index is 2.47. The van der Waals surface area contributed by atoms with Gasteiger partial charge in [-0.3, -0.25) is 19.4 Å². The monoisotopic (exact) mass is 405 g/mol. The maximum Gasteiger partial charge on any atom is 0.333 e. The molecule has 0 atom stereocenters. The van der Waals surface area contributed by atoms with Gasteiger partial charge < -0.3 is 24.4 Å². The molecule has 1 fully saturated rings. The molecule has 0 saturated carbocycles. The topological polar surface area (TPSA) is 113 Å². The minimum Gasteiger partial charge on any atom is -0.493 e. The molecule has 0 aliphatic carbocycles. The van der Waals surface area contributed by atoms with E-state index < -0.39 is 23.4 Å². The lowest BCUT2D eigenvalue weighted by Crippen LogP contribution is -2.66. The molecule has 1 aromatic rings. The van der Waals surface area contributed by atoms with Crippen LogP contribution in [0.25, 0.3) is 0 Å². The van der Waals surface area contributed by atoms with Crippen LogP contribution in [0.5, 0.6) is 17.2 Å². The third-order valence-electron chi connectivity index (χ3n) is 4.94. The summed E-state index contributed by atoms with van der Waals surface area (Å²) in [6.07, 6.45) is 0. The van der Waals surface area contributed by atoms with E-state index in [4.69, 9.17) is 14.2 Å². The van der Waals surface area contributed by atoms with Crippen LogP contribution >= 0.6 is 0 Å². The highest BCUT2D eigenvalue weighted by Crippen LogP contribution is 2.52. The summed E-state index contributed by atoms with van der Waals surface area (Å²) in [7, 11) is 10.3. The molecule has 1 spiro atoms. The van der Waals surface area contributed by atoms with Gasteiger partial charge in [0.15, 0.2) is 17.5 Å². The fourth-order valence-corrected chi connectivity index (χ4v) is 3.47. The van der Waals surface area contributed by atoms with E-state index >= 15 is 0 Å². The molecule has 156 valence electrons. The van der Waals surface area contributed by atoms with Crippen LogP contribution in [0.2, 0.25) is 0 Å². The zero-order valence-electron chi connectivity index (χ0n) is 17.3. The number of likely N-dealkylation sites (N-methyl/N-ethyl adjacent to an activating group) is 2. The van der Waals surface area contributed by atoms with E-state index in [1.165, 1.54) is 35.4 Å². The Kier molecular flexibility index (Phi) is 4.77. The zero-order valence-corrected chi connectivity index (χ0v) is 17.3. The van der Waals surface area contributed by atoms with Crippen molar-refractivity contribution in [1.82, 2.24) is 14.7 Å². The van der Waals surface area contributed by atoms with Crippen molar-refractivity contribution in [3.63, 3.8) is 0 Å². The fourth-order valence-electron chi connectivity index (χ4n) is 3.47. The number of hydrogen-bond acceptors (Lipinski definition) is 9. The highest BCUT2D eigenvalue weighted by atomic mass is 16.5. The Morgan fingerprint density at radius 1 is 0.966 bits per heavy atom. The van der Waals surface area contributed by atoms with Crippen LogP contribution in [0.15, 0.2) is 11.1 Å². The molecule has 3 rings (SSSR count). The Labute approximate surface area is 167 Å². The van der Waals surface area contributed by atoms with E-state index in [1.54, 1.807) is 25.1 Å². The molecular weight excluding hydrogens is 382 g/mol. The summed E-state index contributed by atoms with van der Waals surface area (Å²) in [6.45, 7) is 0. The number of urea groups is 1. The van der Waals surface area contributed by atoms with Gasteiger partial charge in [-0.05, 0) is 0 Å². The first-order chi connectivity index (χ1) is 13.6. The third-order valence-corrected chi connectivity index (χ3v) is 4.94. The summed E-state index contributed by atoms with van der Waals surface area (Å²) in [5.74, 6) is -0.699. The first-order valence-corrected chi connectivity index (χ1v) is 8.63. The van der Waals surface area contributed by atoms with Gasteiger partial charge >= 0.3 is 6.03 Å². The predicted octanol–water partition coefficient (Wildman–Crippen LogP) is 0.301. The average Bonchev–Trinajstić information content (AvgIpc) is 2.72. The number of ether oxygens (including phenoxy) is 3. The fraction of sp³-hybridized carbons (Fsp3) is 0.444. The van der Waals surface area contributed by atoms with Crippen LogP contribution in [-0.4, -0.2) is 88.0 Å². The second-order valence-electron chi connectivity index (χ2n) is 6.74. The number of imide groups is 2. The molecule has 2 aliphatic heterocycles.